The van der Waals surface area contributed by atoms with Gasteiger partial charge >= 0.3 is 6.18 Å². The van der Waals surface area contributed by atoms with Gasteiger partial charge in [0.1, 0.15) is 5.92 Å². The lowest BCUT2D eigenvalue weighted by molar-refractivity contribution is -0.179. The van der Waals surface area contributed by atoms with Gasteiger partial charge < -0.3 is 11.1 Å². The minimum atomic E-state index is -5.02. The van der Waals surface area contributed by atoms with E-state index in [0.29, 0.717) is 0 Å². The fourth-order valence-electron chi connectivity index (χ4n) is 0.588. The van der Waals surface area contributed by atoms with Crippen molar-refractivity contribution in [2.45, 2.75) is 19.3 Å². The number of nitrogens with two attached hydrogens (primary N) is 1. The third-order valence-corrected chi connectivity index (χ3v) is 1.63. The molecule has 2 unspecified atom stereocenters. The van der Waals surface area contributed by atoms with Gasteiger partial charge in [0.2, 0.25) is 18.0 Å². The highest BCUT2D eigenvalue weighted by atomic mass is 19.4. The van der Waals surface area contributed by atoms with Gasteiger partial charge in [0.05, 0.1) is 6.54 Å². The molecule has 0 rings (SSSR count). The molecular formula is C7H10F4N2O2. The van der Waals surface area contributed by atoms with Crippen LogP contribution in [0.25, 0.3) is 0 Å². The molecule has 2 atom stereocenters. The van der Waals surface area contributed by atoms with E-state index in [1.54, 1.807) is 5.32 Å². The van der Waals surface area contributed by atoms with Crippen molar-refractivity contribution in [3.8, 4) is 0 Å². The summed E-state index contributed by atoms with van der Waals surface area (Å²) in [4.78, 5) is 21.3. The van der Waals surface area contributed by atoms with Gasteiger partial charge in [-0.25, -0.2) is 4.39 Å². The molecular weight excluding hydrogens is 220 g/mol. The lowest BCUT2D eigenvalue weighted by Crippen LogP contribution is -2.42. The first-order valence-corrected chi connectivity index (χ1v) is 3.94. The van der Waals surface area contributed by atoms with Crippen LogP contribution in [0.3, 0.4) is 0 Å². The summed E-state index contributed by atoms with van der Waals surface area (Å²) < 4.78 is 47.2. The van der Waals surface area contributed by atoms with E-state index >= 15 is 0 Å². The van der Waals surface area contributed by atoms with E-state index < -0.39 is 36.6 Å². The van der Waals surface area contributed by atoms with Crippen molar-refractivity contribution in [1.29, 1.82) is 0 Å². The quantitative estimate of drug-likeness (QED) is 0.532. The van der Waals surface area contributed by atoms with Crippen LogP contribution in [-0.2, 0) is 9.59 Å². The second kappa shape index (κ2) is 4.94. The standard InChI is InChI=1S/C7H10F4N2O2/c1-3(5(12)14)6(15)13-2-4(8)7(9,10)11/h3-4H,2H2,1H3,(H2,12,14)(H,13,15). The van der Waals surface area contributed by atoms with Gasteiger partial charge in [-0.05, 0) is 6.92 Å². The van der Waals surface area contributed by atoms with Crippen molar-refractivity contribution in [2.75, 3.05) is 6.54 Å². The fourth-order valence-corrected chi connectivity index (χ4v) is 0.588. The number of rotatable bonds is 4. The zero-order valence-corrected chi connectivity index (χ0v) is 7.77. The molecule has 0 radical (unpaired) electrons. The monoisotopic (exact) mass is 230 g/mol. The molecule has 0 aliphatic heterocycles. The molecule has 4 nitrogen and oxygen atoms in total. The molecule has 8 heteroatoms. The number of alkyl halides is 4. The average molecular weight is 230 g/mol. The second-order valence-electron chi connectivity index (χ2n) is 2.88. The Balaban J connectivity index is 4.07. The van der Waals surface area contributed by atoms with Gasteiger partial charge in [0, 0.05) is 0 Å². The number of carbonyl (C=O) groups is 2. The van der Waals surface area contributed by atoms with Crippen molar-refractivity contribution in [1.82, 2.24) is 5.32 Å². The average Bonchev–Trinajstić information content (AvgIpc) is 2.10. The predicted octanol–water partition coefficient (Wildman–Crippen LogP) is 0.124. The maximum Gasteiger partial charge on any atom is 0.421 e. The van der Waals surface area contributed by atoms with Crippen LogP contribution >= 0.6 is 0 Å². The third-order valence-electron chi connectivity index (χ3n) is 1.63. The first kappa shape index (κ1) is 13.7. The molecule has 15 heavy (non-hydrogen) atoms. The van der Waals surface area contributed by atoms with Crippen molar-refractivity contribution < 1.29 is 27.2 Å². The normalized spacial score (nSPS) is 15.5. The van der Waals surface area contributed by atoms with E-state index in [0.717, 1.165) is 6.92 Å². The molecule has 0 aliphatic carbocycles. The minimum Gasteiger partial charge on any atom is -0.369 e. The lowest BCUT2D eigenvalue weighted by atomic mass is 10.1. The maximum absolute atomic E-state index is 12.3. The van der Waals surface area contributed by atoms with E-state index in [-0.39, 0.29) is 0 Å². The number of primary amides is 1. The first-order valence-electron chi connectivity index (χ1n) is 3.94. The topological polar surface area (TPSA) is 72.2 Å². The fraction of sp³-hybridized carbons (Fsp3) is 0.714. The van der Waals surface area contributed by atoms with Gasteiger partial charge in [0.25, 0.3) is 0 Å². The summed E-state index contributed by atoms with van der Waals surface area (Å²) in [6.45, 7) is -0.113. The van der Waals surface area contributed by atoms with Crippen LogP contribution in [0.4, 0.5) is 17.6 Å². The number of hydrogen-bond donors (Lipinski definition) is 2. The highest BCUT2D eigenvalue weighted by Crippen LogP contribution is 2.22. The molecule has 0 spiro atoms. The van der Waals surface area contributed by atoms with Crippen LogP contribution in [0.5, 0.6) is 0 Å². The number of nitrogens with one attached hydrogen (secondary N) is 1. The Hall–Kier alpha value is -1.34. The molecule has 0 aromatic carbocycles. The molecule has 3 N–H and O–H groups in total. The largest absolute Gasteiger partial charge is 0.421 e. The highest BCUT2D eigenvalue weighted by molar-refractivity contribution is 5.99. The summed E-state index contributed by atoms with van der Waals surface area (Å²) in [6, 6.07) is 0. The number of carbonyl (C=O) groups excluding carboxylic acids is 2. The molecule has 88 valence electrons. The van der Waals surface area contributed by atoms with Gasteiger partial charge in [-0.1, -0.05) is 0 Å². The van der Waals surface area contributed by atoms with Crippen molar-refractivity contribution in [3.63, 3.8) is 0 Å². The first-order chi connectivity index (χ1) is 6.66. The summed E-state index contributed by atoms with van der Waals surface area (Å²) in [5, 5.41) is 1.64. The lowest BCUT2D eigenvalue weighted by Gasteiger charge is -2.14. The molecule has 0 saturated carbocycles. The van der Waals surface area contributed by atoms with Crippen molar-refractivity contribution in [2.24, 2.45) is 11.7 Å². The van der Waals surface area contributed by atoms with Crippen molar-refractivity contribution in [3.05, 3.63) is 0 Å². The molecule has 0 aliphatic rings. The Morgan fingerprint density at radius 2 is 1.87 bits per heavy atom. The SMILES string of the molecule is CC(C(N)=O)C(=O)NCC(F)C(F)(F)F. The summed E-state index contributed by atoms with van der Waals surface area (Å²) in [6.07, 6.45) is -8.18. The number of halogens is 4. The van der Waals surface area contributed by atoms with Crippen LogP contribution < -0.4 is 11.1 Å². The van der Waals surface area contributed by atoms with E-state index in [1.807, 2.05) is 0 Å². The summed E-state index contributed by atoms with van der Waals surface area (Å²) in [7, 11) is 0. The van der Waals surface area contributed by atoms with Crippen LogP contribution in [0.1, 0.15) is 6.92 Å². The molecule has 0 heterocycles. The summed E-state index contributed by atoms with van der Waals surface area (Å²) in [5.41, 5.74) is 4.71. The summed E-state index contributed by atoms with van der Waals surface area (Å²) in [5.74, 6) is -3.31. The number of amides is 2. The van der Waals surface area contributed by atoms with E-state index in [4.69, 9.17) is 5.73 Å². The van der Waals surface area contributed by atoms with Crippen LogP contribution in [0.2, 0.25) is 0 Å². The van der Waals surface area contributed by atoms with E-state index in [2.05, 4.69) is 0 Å². The maximum atomic E-state index is 12.3. The Morgan fingerprint density at radius 1 is 1.40 bits per heavy atom. The van der Waals surface area contributed by atoms with E-state index in [1.165, 1.54) is 0 Å². The smallest absolute Gasteiger partial charge is 0.369 e. The van der Waals surface area contributed by atoms with Crippen molar-refractivity contribution >= 4 is 11.8 Å². The van der Waals surface area contributed by atoms with Gasteiger partial charge in [-0.2, -0.15) is 13.2 Å². The molecule has 2 amide bonds. The van der Waals surface area contributed by atoms with Crippen LogP contribution in [0, 0.1) is 5.92 Å². The van der Waals surface area contributed by atoms with Gasteiger partial charge in [0.15, 0.2) is 0 Å². The number of hydrogen-bond acceptors (Lipinski definition) is 2. The Labute approximate surface area is 82.8 Å². The third kappa shape index (κ3) is 4.61. The van der Waals surface area contributed by atoms with E-state index in [9.17, 15) is 27.2 Å². The zero-order chi connectivity index (χ0) is 12.2. The van der Waals surface area contributed by atoms with Gasteiger partial charge in [-0.3, -0.25) is 9.59 Å². The molecule has 0 aromatic heterocycles. The Morgan fingerprint density at radius 3 is 2.20 bits per heavy atom. The molecule has 0 fully saturated rings. The molecule has 0 aromatic rings. The van der Waals surface area contributed by atoms with Crippen LogP contribution in [0.15, 0.2) is 0 Å². The zero-order valence-electron chi connectivity index (χ0n) is 7.77. The van der Waals surface area contributed by atoms with Gasteiger partial charge in [-0.15, -0.1) is 0 Å². The Bertz CT molecular complexity index is 254. The summed E-state index contributed by atoms with van der Waals surface area (Å²) >= 11 is 0. The highest BCUT2D eigenvalue weighted by Gasteiger charge is 2.40. The Kier molecular flexibility index (Phi) is 4.50. The second-order valence-corrected chi connectivity index (χ2v) is 2.88. The minimum absolute atomic E-state index is 0.991. The molecule has 0 saturated heterocycles. The molecule has 0 bridgehead atoms. The van der Waals surface area contributed by atoms with Crippen LogP contribution in [-0.4, -0.2) is 30.7 Å². The predicted molar refractivity (Wildman–Crippen MR) is 42.3 cm³/mol.